The van der Waals surface area contributed by atoms with Crippen molar-refractivity contribution in [3.8, 4) is 0 Å². The molecule has 0 aliphatic carbocycles. The van der Waals surface area contributed by atoms with E-state index in [4.69, 9.17) is 4.63 Å². The van der Waals surface area contributed by atoms with Gasteiger partial charge in [0.1, 0.15) is 0 Å². The van der Waals surface area contributed by atoms with E-state index < -0.39 is 4.92 Å². The maximum absolute atomic E-state index is 11.2. The maximum Gasteiger partial charge on any atom is 0.300 e. The van der Waals surface area contributed by atoms with Gasteiger partial charge in [-0.1, -0.05) is 87.4 Å². The van der Waals surface area contributed by atoms with Crippen molar-refractivity contribution in [1.82, 2.24) is 25.3 Å². The molecule has 0 atom stereocenters. The van der Waals surface area contributed by atoms with E-state index in [1.807, 2.05) is 12.1 Å². The predicted octanol–water partition coefficient (Wildman–Crippen LogP) is 7.49. The predicted molar refractivity (Wildman–Crippen MR) is 190 cm³/mol. The van der Waals surface area contributed by atoms with Crippen LogP contribution in [-0.4, -0.2) is 56.4 Å². The third kappa shape index (κ3) is 9.84. The van der Waals surface area contributed by atoms with Gasteiger partial charge in [0, 0.05) is 38.2 Å². The fraction of sp³-hybridized carbons (Fsp3) is 0.400. The van der Waals surface area contributed by atoms with Gasteiger partial charge in [0.2, 0.25) is 23.4 Å². The highest BCUT2D eigenvalue weighted by molar-refractivity contribution is 5.93. The zero-order valence-corrected chi connectivity index (χ0v) is 27.6. The fourth-order valence-corrected chi connectivity index (χ4v) is 5.48. The van der Waals surface area contributed by atoms with Crippen LogP contribution in [0.2, 0.25) is 0 Å². The number of hydrogen-bond donors (Lipinski definition) is 4. The van der Waals surface area contributed by atoms with Crippen molar-refractivity contribution in [1.29, 1.82) is 0 Å². The molecular weight excluding hydrogens is 608 g/mol. The number of non-ortho nitro benzene ring substituents is 1. The largest absolute Gasteiger partial charge is 0.383 e. The van der Waals surface area contributed by atoms with E-state index in [1.165, 1.54) is 17.2 Å². The Morgan fingerprint density at radius 2 is 1.17 bits per heavy atom. The fourth-order valence-electron chi connectivity index (χ4n) is 5.48. The number of nitro groups is 1. The molecule has 0 saturated carbocycles. The lowest BCUT2D eigenvalue weighted by molar-refractivity contribution is -0.383. The van der Waals surface area contributed by atoms with Crippen molar-refractivity contribution >= 4 is 40.3 Å². The number of aromatic nitrogens is 5. The van der Waals surface area contributed by atoms with E-state index in [0.29, 0.717) is 48.1 Å². The lowest BCUT2D eigenvalue weighted by atomic mass is 9.88. The van der Waals surface area contributed by atoms with Crippen LogP contribution < -0.4 is 21.3 Å². The molecule has 0 fully saturated rings. The highest BCUT2D eigenvalue weighted by atomic mass is 16.6. The van der Waals surface area contributed by atoms with Gasteiger partial charge in [0.15, 0.2) is 5.52 Å². The number of anilines is 4. The number of nitrogens with one attached hydrogen (secondary N) is 4. The summed E-state index contributed by atoms with van der Waals surface area (Å²) in [7, 11) is 0. The molecule has 5 rings (SSSR count). The molecule has 0 aliphatic rings. The first-order valence-corrected chi connectivity index (χ1v) is 16.7. The Balaban J connectivity index is 1.10. The highest BCUT2D eigenvalue weighted by Crippen LogP contribution is 2.29. The standard InChI is InChI=1S/C35H44N10O3/c1-25(2)19-23-38-34-40-33(37-22-12-4-3-11-21-36-29-17-18-30(45(46)47)32-31(29)43-48-44-32)41-35(42-34)39-24-20-28(26-13-7-5-8-14-26)27-15-9-6-10-16-27/h5-10,13-18,25,28,36H,3-4,11-12,19-24H2,1-2H3,(H3,37,38,39,40,41,42). The van der Waals surface area contributed by atoms with Gasteiger partial charge in [0.25, 0.3) is 0 Å². The molecule has 48 heavy (non-hydrogen) atoms. The maximum atomic E-state index is 11.2. The molecule has 2 heterocycles. The summed E-state index contributed by atoms with van der Waals surface area (Å²) in [6.45, 7) is 7.33. The van der Waals surface area contributed by atoms with Crippen LogP contribution >= 0.6 is 0 Å². The SMILES string of the molecule is CC(C)CCNc1nc(NCCCCCCNc2ccc([N+](=O)[O-])c3nonc23)nc(NCCC(c2ccccc2)c2ccccc2)n1. The van der Waals surface area contributed by atoms with Gasteiger partial charge in [0.05, 0.1) is 10.6 Å². The molecule has 3 aromatic carbocycles. The molecule has 0 amide bonds. The van der Waals surface area contributed by atoms with E-state index in [2.05, 4.69) is 109 Å². The van der Waals surface area contributed by atoms with Crippen LogP contribution in [0, 0.1) is 16.0 Å². The topological polar surface area (TPSA) is 169 Å². The zero-order chi connectivity index (χ0) is 33.6. The molecule has 0 aliphatic heterocycles. The Hall–Kier alpha value is -5.33. The van der Waals surface area contributed by atoms with Crippen molar-refractivity contribution in [3.05, 3.63) is 94.0 Å². The van der Waals surface area contributed by atoms with Crippen LogP contribution in [0.15, 0.2) is 77.4 Å². The monoisotopic (exact) mass is 652 g/mol. The van der Waals surface area contributed by atoms with Crippen molar-refractivity contribution in [2.75, 3.05) is 47.4 Å². The summed E-state index contributed by atoms with van der Waals surface area (Å²) in [4.78, 5) is 24.7. The molecular formula is C35H44N10O3. The van der Waals surface area contributed by atoms with Crippen LogP contribution in [0.5, 0.6) is 0 Å². The Bertz CT molecular complexity index is 1680. The first kappa shape index (κ1) is 34.0. The van der Waals surface area contributed by atoms with Gasteiger partial charge >= 0.3 is 5.69 Å². The molecule has 4 N–H and O–H groups in total. The van der Waals surface area contributed by atoms with Crippen LogP contribution in [0.25, 0.3) is 11.0 Å². The lowest BCUT2D eigenvalue weighted by Crippen LogP contribution is -2.16. The minimum absolute atomic E-state index is 0.122. The number of nitro benzene ring substituents is 1. The first-order valence-electron chi connectivity index (χ1n) is 16.7. The summed E-state index contributed by atoms with van der Waals surface area (Å²) in [5, 5.41) is 32.2. The Kier molecular flexibility index (Phi) is 12.4. The molecule has 252 valence electrons. The summed E-state index contributed by atoms with van der Waals surface area (Å²) in [5.74, 6) is 2.49. The highest BCUT2D eigenvalue weighted by Gasteiger charge is 2.19. The number of hydrogen-bond acceptors (Lipinski definition) is 12. The van der Waals surface area contributed by atoms with Crippen LogP contribution in [-0.2, 0) is 0 Å². The summed E-state index contributed by atoms with van der Waals surface area (Å²) in [5.41, 5.74) is 3.63. The van der Waals surface area contributed by atoms with Crippen molar-refractivity contribution in [2.24, 2.45) is 5.92 Å². The van der Waals surface area contributed by atoms with E-state index in [1.54, 1.807) is 6.07 Å². The number of nitrogens with zero attached hydrogens (tertiary/aromatic N) is 6. The molecule has 0 bridgehead atoms. The van der Waals surface area contributed by atoms with Gasteiger partial charge in [-0.05, 0) is 59.1 Å². The van der Waals surface area contributed by atoms with Gasteiger partial charge in [-0.15, -0.1) is 0 Å². The van der Waals surface area contributed by atoms with Crippen molar-refractivity contribution < 1.29 is 9.55 Å². The quantitative estimate of drug-likeness (QED) is 0.0372. The third-order valence-corrected chi connectivity index (χ3v) is 8.05. The number of rotatable bonds is 20. The third-order valence-electron chi connectivity index (χ3n) is 8.05. The number of unbranched alkanes of at least 4 members (excludes halogenated alkanes) is 3. The summed E-state index contributed by atoms with van der Waals surface area (Å²) in [6.07, 6.45) is 5.82. The molecule has 0 unspecified atom stereocenters. The molecule has 0 radical (unpaired) electrons. The summed E-state index contributed by atoms with van der Waals surface area (Å²) >= 11 is 0. The molecule has 2 aromatic heterocycles. The second-order valence-electron chi connectivity index (χ2n) is 12.1. The van der Waals surface area contributed by atoms with Gasteiger partial charge in [-0.25, -0.2) is 4.63 Å². The van der Waals surface area contributed by atoms with E-state index in [-0.39, 0.29) is 17.1 Å². The average Bonchev–Trinajstić information content (AvgIpc) is 3.59. The molecule has 5 aromatic rings. The van der Waals surface area contributed by atoms with Crippen LogP contribution in [0.1, 0.15) is 69.4 Å². The van der Waals surface area contributed by atoms with Crippen molar-refractivity contribution in [3.63, 3.8) is 0 Å². The lowest BCUT2D eigenvalue weighted by Gasteiger charge is -2.19. The van der Waals surface area contributed by atoms with Gasteiger partial charge < -0.3 is 21.3 Å². The van der Waals surface area contributed by atoms with Crippen LogP contribution in [0.4, 0.5) is 29.2 Å². The Labute approximate surface area is 280 Å². The average molecular weight is 653 g/mol. The van der Waals surface area contributed by atoms with E-state index >= 15 is 0 Å². The second-order valence-corrected chi connectivity index (χ2v) is 12.1. The van der Waals surface area contributed by atoms with E-state index in [9.17, 15) is 10.1 Å². The molecule has 13 nitrogen and oxygen atoms in total. The second kappa shape index (κ2) is 17.5. The van der Waals surface area contributed by atoms with Crippen LogP contribution in [0.3, 0.4) is 0 Å². The first-order chi connectivity index (χ1) is 23.5. The summed E-state index contributed by atoms with van der Waals surface area (Å²) < 4.78 is 4.74. The zero-order valence-electron chi connectivity index (χ0n) is 27.6. The van der Waals surface area contributed by atoms with E-state index in [0.717, 1.165) is 51.6 Å². The molecule has 0 spiro atoms. The normalized spacial score (nSPS) is 11.2. The number of benzene rings is 3. The molecule has 0 saturated heterocycles. The van der Waals surface area contributed by atoms with Gasteiger partial charge in [-0.3, -0.25) is 10.1 Å². The summed E-state index contributed by atoms with van der Waals surface area (Å²) in [6, 6.07) is 24.2. The molecule has 13 heteroatoms. The van der Waals surface area contributed by atoms with Crippen molar-refractivity contribution in [2.45, 2.75) is 58.3 Å². The Morgan fingerprint density at radius 1 is 0.646 bits per heavy atom. The minimum Gasteiger partial charge on any atom is -0.383 e. The Morgan fingerprint density at radius 3 is 1.73 bits per heavy atom. The van der Waals surface area contributed by atoms with Gasteiger partial charge in [-0.2, -0.15) is 15.0 Å². The minimum atomic E-state index is -0.489. The number of fused-ring (bicyclic) bond motifs is 1. The smallest absolute Gasteiger partial charge is 0.300 e.